The van der Waals surface area contributed by atoms with E-state index in [1.807, 2.05) is 11.3 Å². The molecule has 1 N–H and O–H groups in total. The zero-order valence-corrected chi connectivity index (χ0v) is 14.9. The van der Waals surface area contributed by atoms with Crippen LogP contribution >= 0.6 is 11.3 Å². The highest BCUT2D eigenvalue weighted by atomic mass is 32.1. The molecule has 3 nitrogen and oxygen atoms in total. The molecule has 0 amide bonds. The van der Waals surface area contributed by atoms with E-state index in [0.29, 0.717) is 5.92 Å². The van der Waals surface area contributed by atoms with E-state index in [9.17, 15) is 0 Å². The normalized spacial score (nSPS) is 15.5. The minimum Gasteiger partial charge on any atom is -0.348 e. The van der Waals surface area contributed by atoms with Crippen LogP contribution in [0.3, 0.4) is 0 Å². The van der Waals surface area contributed by atoms with Crippen molar-refractivity contribution < 1.29 is 0 Å². The highest BCUT2D eigenvalue weighted by Crippen LogP contribution is 2.32. The summed E-state index contributed by atoms with van der Waals surface area (Å²) in [5, 5.41) is 4.80. The molecule has 0 radical (unpaired) electrons. The van der Waals surface area contributed by atoms with Crippen LogP contribution in [0.5, 0.6) is 0 Å². The minimum atomic E-state index is 0.702. The molecule has 21 heavy (non-hydrogen) atoms. The molecule has 0 spiro atoms. The molecule has 1 aromatic heterocycles. The number of anilines is 1. The molecule has 4 heteroatoms. The number of nitrogens with one attached hydrogen (secondary N) is 1. The molecule has 1 saturated carbocycles. The van der Waals surface area contributed by atoms with Crippen LogP contribution in [0.2, 0.25) is 0 Å². The van der Waals surface area contributed by atoms with Gasteiger partial charge >= 0.3 is 0 Å². The molecule has 0 unspecified atom stereocenters. The van der Waals surface area contributed by atoms with Gasteiger partial charge in [0.2, 0.25) is 0 Å². The highest BCUT2D eigenvalue weighted by molar-refractivity contribution is 7.15. The van der Waals surface area contributed by atoms with E-state index in [0.717, 1.165) is 32.0 Å². The Bertz CT molecular complexity index is 424. The lowest BCUT2D eigenvalue weighted by molar-refractivity contribution is 0.318. The fourth-order valence-corrected chi connectivity index (χ4v) is 3.91. The summed E-state index contributed by atoms with van der Waals surface area (Å²) in [6.07, 6.45) is 5.28. The lowest BCUT2D eigenvalue weighted by Crippen LogP contribution is -2.32. The summed E-state index contributed by atoms with van der Waals surface area (Å²) < 4.78 is 0. The molecule has 1 aromatic rings. The number of rotatable bonds is 9. The summed E-state index contributed by atoms with van der Waals surface area (Å²) in [4.78, 5) is 8.83. The first-order valence-electron chi connectivity index (χ1n) is 8.58. The topological polar surface area (TPSA) is 28.2 Å². The molecule has 0 atom stereocenters. The molecule has 0 saturated heterocycles. The van der Waals surface area contributed by atoms with Crippen LogP contribution in [0.15, 0.2) is 0 Å². The van der Waals surface area contributed by atoms with Gasteiger partial charge in [-0.1, -0.05) is 27.2 Å². The third-order valence-electron chi connectivity index (χ3n) is 4.30. The molecule has 1 aliphatic carbocycles. The van der Waals surface area contributed by atoms with Crippen LogP contribution in [-0.2, 0) is 13.0 Å². The number of hydrogen-bond donors (Lipinski definition) is 1. The molecular formula is C17H31N3S. The Balaban J connectivity index is 1.99. The molecule has 0 bridgehead atoms. The van der Waals surface area contributed by atoms with Crippen molar-refractivity contribution in [2.75, 3.05) is 24.5 Å². The van der Waals surface area contributed by atoms with E-state index < -0.39 is 0 Å². The van der Waals surface area contributed by atoms with Gasteiger partial charge < -0.3 is 10.2 Å². The molecule has 120 valence electrons. The van der Waals surface area contributed by atoms with Gasteiger partial charge in [-0.05, 0) is 44.6 Å². The monoisotopic (exact) mass is 309 g/mol. The summed E-state index contributed by atoms with van der Waals surface area (Å²) in [6.45, 7) is 13.3. The van der Waals surface area contributed by atoms with Crippen molar-refractivity contribution in [3.8, 4) is 0 Å². The third-order valence-corrected chi connectivity index (χ3v) is 5.45. The van der Waals surface area contributed by atoms with Gasteiger partial charge in [0, 0.05) is 24.5 Å². The van der Waals surface area contributed by atoms with Crippen molar-refractivity contribution in [2.45, 2.75) is 59.9 Å². The molecule has 0 aliphatic heterocycles. The van der Waals surface area contributed by atoms with E-state index >= 15 is 0 Å². The van der Waals surface area contributed by atoms with Crippen LogP contribution in [0.1, 0.15) is 57.5 Å². The van der Waals surface area contributed by atoms with Crippen molar-refractivity contribution in [3.05, 3.63) is 10.6 Å². The fourth-order valence-electron chi connectivity index (χ4n) is 2.72. The molecular weight excluding hydrogens is 278 g/mol. The van der Waals surface area contributed by atoms with Gasteiger partial charge in [0.15, 0.2) is 5.13 Å². The maximum Gasteiger partial charge on any atom is 0.185 e. The van der Waals surface area contributed by atoms with Crippen LogP contribution in [-0.4, -0.2) is 24.6 Å². The molecule has 2 rings (SSSR count). The Morgan fingerprint density at radius 3 is 2.62 bits per heavy atom. The van der Waals surface area contributed by atoms with E-state index in [4.69, 9.17) is 4.98 Å². The first-order chi connectivity index (χ1) is 10.1. The summed E-state index contributed by atoms with van der Waals surface area (Å²) in [7, 11) is 0. The van der Waals surface area contributed by atoms with Crippen LogP contribution in [0, 0.1) is 11.8 Å². The second-order valence-electron chi connectivity index (χ2n) is 6.58. The van der Waals surface area contributed by atoms with Gasteiger partial charge in [-0.2, -0.15) is 0 Å². The van der Waals surface area contributed by atoms with Gasteiger partial charge in [0.1, 0.15) is 0 Å². The summed E-state index contributed by atoms with van der Waals surface area (Å²) in [5.41, 5.74) is 1.29. The smallest absolute Gasteiger partial charge is 0.185 e. The fraction of sp³-hybridized carbons (Fsp3) is 0.824. The molecule has 0 aromatic carbocycles. The lowest BCUT2D eigenvalue weighted by atomic mass is 9.85. The maximum absolute atomic E-state index is 4.91. The Hall–Kier alpha value is -0.610. The number of hydrogen-bond acceptors (Lipinski definition) is 4. The molecule has 1 fully saturated rings. The lowest BCUT2D eigenvalue weighted by Gasteiger charge is -2.31. The van der Waals surface area contributed by atoms with Crippen LogP contribution < -0.4 is 10.2 Å². The maximum atomic E-state index is 4.91. The molecule has 1 heterocycles. The average Bonchev–Trinajstić information content (AvgIpc) is 2.80. The zero-order chi connectivity index (χ0) is 15.2. The Morgan fingerprint density at radius 2 is 2.10 bits per heavy atom. The second-order valence-corrected chi connectivity index (χ2v) is 7.64. The van der Waals surface area contributed by atoms with Crippen molar-refractivity contribution in [1.29, 1.82) is 0 Å². The van der Waals surface area contributed by atoms with Gasteiger partial charge in [-0.15, -0.1) is 11.3 Å². The van der Waals surface area contributed by atoms with Gasteiger partial charge in [-0.25, -0.2) is 4.98 Å². The number of thiazole rings is 1. The SMILES string of the molecule is CCc1nc(N(CC)CC2CCC2)sc1CNCC(C)C. The average molecular weight is 310 g/mol. The Labute approximate surface area is 134 Å². The van der Waals surface area contributed by atoms with Crippen molar-refractivity contribution in [2.24, 2.45) is 11.8 Å². The largest absolute Gasteiger partial charge is 0.348 e. The summed E-state index contributed by atoms with van der Waals surface area (Å²) in [5.74, 6) is 1.61. The van der Waals surface area contributed by atoms with Crippen LogP contribution in [0.25, 0.3) is 0 Å². The third kappa shape index (κ3) is 4.68. The van der Waals surface area contributed by atoms with Crippen molar-refractivity contribution in [3.63, 3.8) is 0 Å². The van der Waals surface area contributed by atoms with E-state index in [1.54, 1.807) is 0 Å². The second kappa shape index (κ2) is 8.14. The Kier molecular flexibility index (Phi) is 6.49. The quantitative estimate of drug-likeness (QED) is 0.745. The van der Waals surface area contributed by atoms with Crippen molar-refractivity contribution in [1.82, 2.24) is 10.3 Å². The Morgan fingerprint density at radius 1 is 1.33 bits per heavy atom. The molecule has 1 aliphatic rings. The minimum absolute atomic E-state index is 0.702. The number of aromatic nitrogens is 1. The zero-order valence-electron chi connectivity index (χ0n) is 14.1. The van der Waals surface area contributed by atoms with Crippen LogP contribution in [0.4, 0.5) is 5.13 Å². The van der Waals surface area contributed by atoms with E-state index in [1.165, 1.54) is 41.5 Å². The summed E-state index contributed by atoms with van der Waals surface area (Å²) in [6, 6.07) is 0. The predicted molar refractivity (Wildman–Crippen MR) is 93.3 cm³/mol. The predicted octanol–water partition coefficient (Wildman–Crippen LogP) is 4.08. The number of aryl methyl sites for hydroxylation is 1. The highest BCUT2D eigenvalue weighted by Gasteiger charge is 2.22. The van der Waals surface area contributed by atoms with E-state index in [2.05, 4.69) is 37.9 Å². The van der Waals surface area contributed by atoms with E-state index in [-0.39, 0.29) is 0 Å². The number of nitrogens with zero attached hydrogens (tertiary/aromatic N) is 2. The van der Waals surface area contributed by atoms with Gasteiger partial charge in [0.25, 0.3) is 0 Å². The first kappa shape index (κ1) is 16.8. The van der Waals surface area contributed by atoms with Crippen molar-refractivity contribution >= 4 is 16.5 Å². The van der Waals surface area contributed by atoms with Gasteiger partial charge in [0.05, 0.1) is 5.69 Å². The summed E-state index contributed by atoms with van der Waals surface area (Å²) >= 11 is 1.90. The first-order valence-corrected chi connectivity index (χ1v) is 9.39. The standard InChI is InChI=1S/C17H31N3S/c1-5-15-16(11-18-10-13(3)4)21-17(19-15)20(6-2)12-14-8-7-9-14/h13-14,18H,5-12H2,1-4H3. The van der Waals surface area contributed by atoms with Gasteiger partial charge in [-0.3, -0.25) is 0 Å².